The number of hydrogen-bond donors (Lipinski definition) is 3. The molecule has 0 spiro atoms. The van der Waals surface area contributed by atoms with Crippen molar-refractivity contribution in [2.45, 2.75) is 70.3 Å². The van der Waals surface area contributed by atoms with E-state index in [1.807, 2.05) is 12.1 Å². The van der Waals surface area contributed by atoms with Gasteiger partial charge in [-0.15, -0.1) is 24.0 Å². The molecule has 3 rings (SSSR count). The van der Waals surface area contributed by atoms with Gasteiger partial charge in [-0.1, -0.05) is 19.3 Å². The molecule has 3 N–H and O–H groups in total. The van der Waals surface area contributed by atoms with E-state index in [9.17, 15) is 5.11 Å². The molecule has 0 bridgehead atoms. The van der Waals surface area contributed by atoms with Gasteiger partial charge in [0.05, 0.1) is 12.4 Å². The third-order valence-corrected chi connectivity index (χ3v) is 6.14. The maximum atomic E-state index is 9.56. The van der Waals surface area contributed by atoms with Crippen molar-refractivity contribution in [2.24, 2.45) is 10.4 Å². The Kier molecular flexibility index (Phi) is 11.4. The highest BCUT2D eigenvalue weighted by atomic mass is 127. The number of ether oxygens (including phenoxy) is 1. The molecule has 2 heterocycles. The molecule has 2 aliphatic rings. The van der Waals surface area contributed by atoms with Crippen molar-refractivity contribution in [3.8, 4) is 0 Å². The Labute approximate surface area is 192 Å². The van der Waals surface area contributed by atoms with E-state index in [1.165, 1.54) is 44.9 Å². The second-order valence-corrected chi connectivity index (χ2v) is 8.32. The lowest BCUT2D eigenvalue weighted by Gasteiger charge is -2.36. The summed E-state index contributed by atoms with van der Waals surface area (Å²) >= 11 is 0. The number of halogens is 1. The van der Waals surface area contributed by atoms with Gasteiger partial charge < -0.3 is 24.9 Å². The molecule has 0 aromatic carbocycles. The Bertz CT molecular complexity index is 562. The van der Waals surface area contributed by atoms with Crippen LogP contribution in [0.25, 0.3) is 0 Å². The smallest absolute Gasteiger partial charge is 0.191 e. The van der Waals surface area contributed by atoms with Gasteiger partial charge in [0.25, 0.3) is 0 Å². The molecule has 1 aliphatic heterocycles. The van der Waals surface area contributed by atoms with Crippen LogP contribution in [0.3, 0.4) is 0 Å². The zero-order valence-corrected chi connectivity index (χ0v) is 19.9. The summed E-state index contributed by atoms with van der Waals surface area (Å²) in [5.74, 6) is 1.83. The summed E-state index contributed by atoms with van der Waals surface area (Å²) < 4.78 is 11.3. The molecule has 1 atom stereocenters. The summed E-state index contributed by atoms with van der Waals surface area (Å²) in [7, 11) is 0. The lowest BCUT2D eigenvalue weighted by Crippen LogP contribution is -2.44. The maximum Gasteiger partial charge on any atom is 0.191 e. The first-order valence-electron chi connectivity index (χ1n) is 11.1. The largest absolute Gasteiger partial charge is 0.469 e. The van der Waals surface area contributed by atoms with Gasteiger partial charge in [-0.05, 0) is 56.1 Å². The quantitative estimate of drug-likeness (QED) is 0.262. The summed E-state index contributed by atoms with van der Waals surface area (Å²) in [6.45, 7) is 3.46. The molecule has 0 amide bonds. The highest BCUT2D eigenvalue weighted by Crippen LogP contribution is 2.39. The molecule has 0 radical (unpaired) electrons. The predicted molar refractivity (Wildman–Crippen MR) is 127 cm³/mol. The lowest BCUT2D eigenvalue weighted by atomic mass is 9.72. The number of aliphatic imine (C=N–C) groups is 1. The zero-order valence-electron chi connectivity index (χ0n) is 17.5. The van der Waals surface area contributed by atoms with Crippen LogP contribution >= 0.6 is 24.0 Å². The SMILES string of the molecule is I.OCCC1(CN=C(NCCc2ccco2)NCC2CCCCO2)CCCCC1. The van der Waals surface area contributed by atoms with Gasteiger partial charge >= 0.3 is 0 Å². The van der Waals surface area contributed by atoms with Crippen LogP contribution in [0.5, 0.6) is 0 Å². The highest BCUT2D eigenvalue weighted by Gasteiger charge is 2.31. The van der Waals surface area contributed by atoms with Crippen molar-refractivity contribution in [1.29, 1.82) is 0 Å². The van der Waals surface area contributed by atoms with Gasteiger partial charge in [-0.25, -0.2) is 0 Å². The average Bonchev–Trinajstić information content (AvgIpc) is 3.25. The van der Waals surface area contributed by atoms with Crippen LogP contribution in [0, 0.1) is 5.41 Å². The lowest BCUT2D eigenvalue weighted by molar-refractivity contribution is 0.0194. The van der Waals surface area contributed by atoms with E-state index in [4.69, 9.17) is 14.1 Å². The van der Waals surface area contributed by atoms with E-state index in [0.29, 0.717) is 0 Å². The molecule has 1 aromatic heterocycles. The van der Waals surface area contributed by atoms with E-state index in [1.54, 1.807) is 6.26 Å². The molecule has 6 nitrogen and oxygen atoms in total. The molecule has 1 aliphatic carbocycles. The number of aliphatic hydroxyl groups is 1. The second kappa shape index (κ2) is 13.5. The van der Waals surface area contributed by atoms with Gasteiger partial charge in [0.15, 0.2) is 5.96 Å². The summed E-state index contributed by atoms with van der Waals surface area (Å²) in [6, 6.07) is 3.92. The number of hydrogen-bond acceptors (Lipinski definition) is 4. The summed E-state index contributed by atoms with van der Waals surface area (Å²) in [6.07, 6.45) is 13.3. The van der Waals surface area contributed by atoms with E-state index in [0.717, 1.165) is 57.2 Å². The average molecular weight is 519 g/mol. The minimum absolute atomic E-state index is 0. The van der Waals surface area contributed by atoms with Crippen LogP contribution in [0.1, 0.15) is 63.5 Å². The standard InChI is InChI=1S/C22H37N3O3.HI/c26-14-12-22(10-3-1-4-11-22)18-25-21(23-13-9-19-8-6-16-27-19)24-17-20-7-2-5-15-28-20;/h6,8,16,20,26H,1-5,7,9-15,17-18H2,(H2,23,24,25);1H. The van der Waals surface area contributed by atoms with Gasteiger partial charge in [0, 0.05) is 39.3 Å². The van der Waals surface area contributed by atoms with Crippen LogP contribution < -0.4 is 10.6 Å². The monoisotopic (exact) mass is 519 g/mol. The van der Waals surface area contributed by atoms with Crippen LogP contribution in [0.4, 0.5) is 0 Å². The van der Waals surface area contributed by atoms with Crippen molar-refractivity contribution in [1.82, 2.24) is 10.6 Å². The topological polar surface area (TPSA) is 79.0 Å². The van der Waals surface area contributed by atoms with Crippen molar-refractivity contribution in [3.63, 3.8) is 0 Å². The van der Waals surface area contributed by atoms with Crippen LogP contribution in [-0.2, 0) is 11.2 Å². The number of nitrogens with one attached hydrogen (secondary N) is 2. The molecule has 1 saturated heterocycles. The van der Waals surface area contributed by atoms with Crippen LogP contribution in [0.2, 0.25) is 0 Å². The minimum Gasteiger partial charge on any atom is -0.469 e. The molecule has 1 saturated carbocycles. The van der Waals surface area contributed by atoms with Crippen molar-refractivity contribution < 1.29 is 14.3 Å². The fraction of sp³-hybridized carbons (Fsp3) is 0.773. The second-order valence-electron chi connectivity index (χ2n) is 8.32. The Morgan fingerprint density at radius 2 is 2.03 bits per heavy atom. The first-order valence-corrected chi connectivity index (χ1v) is 11.1. The summed E-state index contributed by atoms with van der Waals surface area (Å²) in [5, 5.41) is 16.5. The molecule has 7 heteroatoms. The fourth-order valence-electron chi connectivity index (χ4n) is 4.39. The Morgan fingerprint density at radius 3 is 2.72 bits per heavy atom. The number of rotatable bonds is 9. The predicted octanol–water partition coefficient (Wildman–Crippen LogP) is 3.88. The van der Waals surface area contributed by atoms with Gasteiger partial charge in [0.1, 0.15) is 5.76 Å². The number of guanidine groups is 1. The number of aliphatic hydroxyl groups excluding tert-OH is 1. The van der Waals surface area contributed by atoms with Crippen molar-refractivity contribution in [2.75, 3.05) is 32.8 Å². The molecule has 166 valence electrons. The van der Waals surface area contributed by atoms with Crippen LogP contribution in [-0.4, -0.2) is 50.0 Å². The van der Waals surface area contributed by atoms with E-state index in [-0.39, 0.29) is 42.1 Å². The minimum atomic E-state index is 0. The van der Waals surface area contributed by atoms with Crippen LogP contribution in [0.15, 0.2) is 27.8 Å². The molecular formula is C22H38IN3O3. The van der Waals surface area contributed by atoms with Crippen molar-refractivity contribution >= 4 is 29.9 Å². The molecule has 1 aromatic rings. The third kappa shape index (κ3) is 8.45. The van der Waals surface area contributed by atoms with E-state index in [2.05, 4.69) is 10.6 Å². The summed E-state index contributed by atoms with van der Waals surface area (Å²) in [4.78, 5) is 4.94. The highest BCUT2D eigenvalue weighted by molar-refractivity contribution is 14.0. The van der Waals surface area contributed by atoms with Crippen molar-refractivity contribution in [3.05, 3.63) is 24.2 Å². The van der Waals surface area contributed by atoms with Gasteiger partial charge in [-0.3, -0.25) is 4.99 Å². The number of furan rings is 1. The van der Waals surface area contributed by atoms with Gasteiger partial charge in [-0.2, -0.15) is 0 Å². The summed E-state index contributed by atoms with van der Waals surface area (Å²) in [5.41, 5.74) is 0.157. The number of nitrogens with zero attached hydrogens (tertiary/aromatic N) is 1. The maximum absolute atomic E-state index is 9.56. The fourth-order valence-corrected chi connectivity index (χ4v) is 4.39. The molecule has 2 fully saturated rings. The Hall–Kier alpha value is -0.800. The zero-order chi connectivity index (χ0) is 19.5. The van der Waals surface area contributed by atoms with E-state index >= 15 is 0 Å². The Morgan fingerprint density at radius 1 is 1.17 bits per heavy atom. The first-order chi connectivity index (χ1) is 13.8. The van der Waals surface area contributed by atoms with Gasteiger partial charge in [0.2, 0.25) is 0 Å². The first kappa shape index (κ1) is 24.5. The third-order valence-electron chi connectivity index (χ3n) is 6.14. The molecular weight excluding hydrogens is 481 g/mol. The van der Waals surface area contributed by atoms with E-state index < -0.39 is 0 Å². The molecule has 29 heavy (non-hydrogen) atoms. The normalized spacial score (nSPS) is 22.0. The Balaban J connectivity index is 0.00000300. The molecule has 1 unspecified atom stereocenters.